The van der Waals surface area contributed by atoms with Crippen LogP contribution in [0.2, 0.25) is 0 Å². The zero-order valence-electron chi connectivity index (χ0n) is 7.57. The molecule has 0 saturated heterocycles. The first kappa shape index (κ1) is 10.9. The number of halogens is 1. The third kappa shape index (κ3) is 2.95. The predicted molar refractivity (Wildman–Crippen MR) is 58.5 cm³/mol. The van der Waals surface area contributed by atoms with E-state index < -0.39 is 0 Å². The molecule has 1 atom stereocenters. The summed E-state index contributed by atoms with van der Waals surface area (Å²) in [7, 11) is 0. The molecule has 1 rings (SSSR count). The van der Waals surface area contributed by atoms with Gasteiger partial charge in [-0.3, -0.25) is 10.3 Å². The Labute approximate surface area is 91.6 Å². The lowest BCUT2D eigenvalue weighted by molar-refractivity contribution is 0.680. The molecule has 1 N–H and O–H groups in total. The Morgan fingerprint density at radius 1 is 1.71 bits per heavy atom. The van der Waals surface area contributed by atoms with Gasteiger partial charge in [-0.05, 0) is 22.0 Å². The van der Waals surface area contributed by atoms with Crippen LogP contribution >= 0.6 is 15.9 Å². The highest BCUT2D eigenvalue weighted by atomic mass is 79.9. The Hall–Kier alpha value is -1.18. The maximum atomic E-state index is 8.91. The minimum Gasteiger partial charge on any atom is -0.295 e. The lowest BCUT2D eigenvalue weighted by Crippen LogP contribution is -2.19. The van der Waals surface area contributed by atoms with Gasteiger partial charge in [0.2, 0.25) is 0 Å². The lowest BCUT2D eigenvalue weighted by Gasteiger charge is -2.09. The maximum absolute atomic E-state index is 8.91. The Kier molecular flexibility index (Phi) is 4.30. The van der Waals surface area contributed by atoms with E-state index in [-0.39, 0.29) is 6.04 Å². The normalized spacial score (nSPS) is 11.7. The fraction of sp³-hybridized carbons (Fsp3) is 0.200. The van der Waals surface area contributed by atoms with Gasteiger partial charge in [0, 0.05) is 29.0 Å². The van der Waals surface area contributed by atoms with E-state index >= 15 is 0 Å². The molecule has 1 aromatic rings. The van der Waals surface area contributed by atoms with Crippen molar-refractivity contribution in [1.82, 2.24) is 10.3 Å². The van der Waals surface area contributed by atoms with Crippen LogP contribution in [0.4, 0.5) is 0 Å². The van der Waals surface area contributed by atoms with Crippen LogP contribution in [-0.2, 0) is 0 Å². The molecule has 0 aliphatic rings. The second kappa shape index (κ2) is 5.53. The molecule has 72 valence electrons. The first-order valence-corrected chi connectivity index (χ1v) is 4.91. The van der Waals surface area contributed by atoms with Crippen molar-refractivity contribution in [3.8, 4) is 6.07 Å². The van der Waals surface area contributed by atoms with Crippen molar-refractivity contribution in [2.24, 2.45) is 0 Å². The second-order valence-electron chi connectivity index (χ2n) is 2.70. The third-order valence-electron chi connectivity index (χ3n) is 1.65. The summed E-state index contributed by atoms with van der Waals surface area (Å²) in [6, 6.07) is 3.70. The highest BCUT2D eigenvalue weighted by molar-refractivity contribution is 9.10. The van der Waals surface area contributed by atoms with Crippen LogP contribution in [-0.4, -0.2) is 11.5 Å². The van der Waals surface area contributed by atoms with Gasteiger partial charge < -0.3 is 0 Å². The van der Waals surface area contributed by atoms with Gasteiger partial charge in [0.25, 0.3) is 0 Å². The maximum Gasteiger partial charge on any atom is 0.123 e. The van der Waals surface area contributed by atoms with E-state index in [2.05, 4.69) is 38.9 Å². The topological polar surface area (TPSA) is 48.7 Å². The minimum absolute atomic E-state index is 0.335. The van der Waals surface area contributed by atoms with Gasteiger partial charge in [-0.2, -0.15) is 5.26 Å². The van der Waals surface area contributed by atoms with Crippen LogP contribution in [0.1, 0.15) is 11.6 Å². The molecular weight excluding hydrogens is 242 g/mol. The molecule has 3 nitrogen and oxygen atoms in total. The number of nitriles is 1. The summed E-state index contributed by atoms with van der Waals surface area (Å²) in [5, 5.41) is 11.9. The predicted octanol–water partition coefficient (Wildman–Crippen LogP) is 2.18. The molecule has 0 bridgehead atoms. The highest BCUT2D eigenvalue weighted by Gasteiger charge is 2.08. The van der Waals surface area contributed by atoms with Crippen LogP contribution < -0.4 is 5.32 Å². The van der Waals surface area contributed by atoms with Crippen molar-refractivity contribution in [2.75, 3.05) is 6.54 Å². The van der Waals surface area contributed by atoms with Crippen LogP contribution in [0.15, 0.2) is 35.6 Å². The minimum atomic E-state index is -0.335. The van der Waals surface area contributed by atoms with Gasteiger partial charge in [-0.25, -0.2) is 0 Å². The van der Waals surface area contributed by atoms with E-state index in [1.807, 2.05) is 6.07 Å². The van der Waals surface area contributed by atoms with Gasteiger partial charge in [0.15, 0.2) is 0 Å². The molecule has 4 heteroatoms. The van der Waals surface area contributed by atoms with Crippen molar-refractivity contribution >= 4 is 15.9 Å². The van der Waals surface area contributed by atoms with E-state index in [0.717, 1.165) is 10.0 Å². The smallest absolute Gasteiger partial charge is 0.123 e. The summed E-state index contributed by atoms with van der Waals surface area (Å²) in [4.78, 5) is 4.00. The van der Waals surface area contributed by atoms with Crippen LogP contribution in [0.25, 0.3) is 0 Å². The number of hydrogen-bond donors (Lipinski definition) is 1. The molecule has 0 radical (unpaired) electrons. The molecule has 0 amide bonds. The van der Waals surface area contributed by atoms with Crippen molar-refractivity contribution in [1.29, 1.82) is 5.26 Å². The SMILES string of the molecule is C=CCNC(C#N)c1cncc(Br)c1. The summed E-state index contributed by atoms with van der Waals surface area (Å²) in [6.07, 6.45) is 5.08. The van der Waals surface area contributed by atoms with E-state index in [4.69, 9.17) is 5.26 Å². The van der Waals surface area contributed by atoms with Crippen molar-refractivity contribution < 1.29 is 0 Å². The quantitative estimate of drug-likeness (QED) is 0.835. The number of nitrogens with one attached hydrogen (secondary N) is 1. The van der Waals surface area contributed by atoms with Crippen LogP contribution in [0, 0.1) is 11.3 Å². The highest BCUT2D eigenvalue weighted by Crippen LogP contribution is 2.15. The summed E-state index contributed by atoms with van der Waals surface area (Å²) < 4.78 is 0.871. The molecule has 0 aliphatic heterocycles. The average Bonchev–Trinajstić information content (AvgIpc) is 2.19. The monoisotopic (exact) mass is 251 g/mol. The zero-order chi connectivity index (χ0) is 10.4. The molecule has 1 unspecified atom stereocenters. The van der Waals surface area contributed by atoms with Gasteiger partial charge >= 0.3 is 0 Å². The summed E-state index contributed by atoms with van der Waals surface area (Å²) in [5.41, 5.74) is 0.851. The van der Waals surface area contributed by atoms with Gasteiger partial charge in [-0.1, -0.05) is 6.08 Å². The van der Waals surface area contributed by atoms with Gasteiger partial charge in [0.1, 0.15) is 6.04 Å². The molecule has 0 aromatic carbocycles. The summed E-state index contributed by atoms with van der Waals surface area (Å²) >= 11 is 3.31. The van der Waals surface area contributed by atoms with E-state index in [9.17, 15) is 0 Å². The molecule has 0 fully saturated rings. The van der Waals surface area contributed by atoms with Crippen LogP contribution in [0.5, 0.6) is 0 Å². The molecule has 1 aromatic heterocycles. The van der Waals surface area contributed by atoms with E-state index in [0.29, 0.717) is 6.54 Å². The number of rotatable bonds is 4. The van der Waals surface area contributed by atoms with Gasteiger partial charge in [0.05, 0.1) is 6.07 Å². The summed E-state index contributed by atoms with van der Waals surface area (Å²) in [6.45, 7) is 4.18. The summed E-state index contributed by atoms with van der Waals surface area (Å²) in [5.74, 6) is 0. The average molecular weight is 252 g/mol. The number of pyridine rings is 1. The first-order chi connectivity index (χ1) is 6.77. The molecule has 1 heterocycles. The van der Waals surface area contributed by atoms with Crippen LogP contribution in [0.3, 0.4) is 0 Å². The van der Waals surface area contributed by atoms with Gasteiger partial charge in [-0.15, -0.1) is 6.58 Å². The Morgan fingerprint density at radius 2 is 2.50 bits per heavy atom. The fourth-order valence-corrected chi connectivity index (χ4v) is 1.41. The Balaban J connectivity index is 2.79. The molecule has 0 spiro atoms. The Bertz CT molecular complexity index is 357. The number of aromatic nitrogens is 1. The van der Waals surface area contributed by atoms with Crippen molar-refractivity contribution in [2.45, 2.75) is 6.04 Å². The molecule has 0 aliphatic carbocycles. The molecule has 0 saturated carbocycles. The van der Waals surface area contributed by atoms with Crippen molar-refractivity contribution in [3.63, 3.8) is 0 Å². The fourth-order valence-electron chi connectivity index (χ4n) is 1.03. The number of nitrogens with zero attached hydrogens (tertiary/aromatic N) is 2. The third-order valence-corrected chi connectivity index (χ3v) is 2.09. The lowest BCUT2D eigenvalue weighted by atomic mass is 10.1. The van der Waals surface area contributed by atoms with E-state index in [1.165, 1.54) is 0 Å². The number of hydrogen-bond acceptors (Lipinski definition) is 3. The zero-order valence-corrected chi connectivity index (χ0v) is 9.16. The largest absolute Gasteiger partial charge is 0.295 e. The standard InChI is InChI=1S/C10H10BrN3/c1-2-3-14-10(5-12)8-4-9(11)7-13-6-8/h2,4,6-7,10,14H,1,3H2. The molecule has 14 heavy (non-hydrogen) atoms. The van der Waals surface area contributed by atoms with E-state index in [1.54, 1.807) is 18.5 Å². The molecular formula is C10H10BrN3. The Morgan fingerprint density at radius 3 is 3.07 bits per heavy atom. The van der Waals surface area contributed by atoms with Crippen molar-refractivity contribution in [3.05, 3.63) is 41.2 Å². The second-order valence-corrected chi connectivity index (χ2v) is 3.61. The first-order valence-electron chi connectivity index (χ1n) is 4.12.